The highest BCUT2D eigenvalue weighted by atomic mass is 16.5. The van der Waals surface area contributed by atoms with Crippen LogP contribution < -0.4 is 5.32 Å². The number of hydrogen-bond acceptors (Lipinski definition) is 3. The summed E-state index contributed by atoms with van der Waals surface area (Å²) in [5, 5.41) is 3.07. The number of hydrogen-bond donors (Lipinski definition) is 1. The normalized spacial score (nSPS) is 32.9. The van der Waals surface area contributed by atoms with Gasteiger partial charge < -0.3 is 10.1 Å². The lowest BCUT2D eigenvalue weighted by Gasteiger charge is -2.30. The van der Waals surface area contributed by atoms with Crippen molar-refractivity contribution in [3.8, 4) is 0 Å². The Balaban J connectivity index is 1.30. The number of amides is 1. The van der Waals surface area contributed by atoms with E-state index in [-0.39, 0.29) is 17.9 Å². The minimum Gasteiger partial charge on any atom is -0.377 e. The van der Waals surface area contributed by atoms with Gasteiger partial charge in [-0.15, -0.1) is 0 Å². The number of anilines is 1. The fourth-order valence-electron chi connectivity index (χ4n) is 4.40. The molecule has 1 saturated carbocycles. The molecule has 4 atom stereocenters. The van der Waals surface area contributed by atoms with Crippen molar-refractivity contribution in [2.45, 2.75) is 45.3 Å². The number of nitrogens with zero attached hydrogens (tertiary/aromatic N) is 1. The molecule has 1 amide bonds. The molecule has 1 aliphatic carbocycles. The maximum Gasteiger partial charge on any atom is 0.230 e. The number of carbonyl (C=O) groups excluding carboxylic acids is 1. The van der Waals surface area contributed by atoms with Gasteiger partial charge in [0.15, 0.2) is 0 Å². The van der Waals surface area contributed by atoms with E-state index in [1.165, 1.54) is 31.5 Å². The van der Waals surface area contributed by atoms with Crippen LogP contribution in [0.1, 0.15) is 38.2 Å². The van der Waals surface area contributed by atoms with Gasteiger partial charge in [0.05, 0.1) is 12.0 Å². The first-order valence-electron chi connectivity index (χ1n) is 9.44. The predicted molar refractivity (Wildman–Crippen MR) is 94.7 cm³/mol. The molecule has 4 heteroatoms. The van der Waals surface area contributed by atoms with Crippen LogP contribution >= 0.6 is 0 Å². The van der Waals surface area contributed by atoms with Gasteiger partial charge in [-0.2, -0.15) is 0 Å². The average Bonchev–Trinajstić information content (AvgIpc) is 3.31. The van der Waals surface area contributed by atoms with Gasteiger partial charge in [-0.05, 0) is 55.8 Å². The summed E-state index contributed by atoms with van der Waals surface area (Å²) in [6.45, 7) is 6.56. The summed E-state index contributed by atoms with van der Waals surface area (Å²) in [7, 11) is 0. The predicted octanol–water partition coefficient (Wildman–Crippen LogP) is 3.28. The number of rotatable bonds is 4. The average molecular weight is 328 g/mol. The smallest absolute Gasteiger partial charge is 0.230 e. The first-order chi connectivity index (χ1) is 11.7. The van der Waals surface area contributed by atoms with Crippen LogP contribution in [0.15, 0.2) is 24.3 Å². The van der Waals surface area contributed by atoms with E-state index in [2.05, 4.69) is 29.3 Å². The molecule has 0 bridgehead atoms. The van der Waals surface area contributed by atoms with Crippen molar-refractivity contribution < 1.29 is 9.53 Å². The second-order valence-corrected chi connectivity index (χ2v) is 7.84. The first kappa shape index (κ1) is 16.1. The number of ether oxygens (including phenoxy) is 1. The lowest BCUT2D eigenvalue weighted by atomic mass is 10.00. The van der Waals surface area contributed by atoms with Crippen LogP contribution in [-0.4, -0.2) is 36.6 Å². The highest BCUT2D eigenvalue weighted by molar-refractivity contribution is 5.95. The van der Waals surface area contributed by atoms with E-state index in [0.29, 0.717) is 5.92 Å². The van der Waals surface area contributed by atoms with Gasteiger partial charge in [-0.3, -0.25) is 9.69 Å². The zero-order valence-electron chi connectivity index (χ0n) is 14.5. The maximum atomic E-state index is 12.4. The van der Waals surface area contributed by atoms with Crippen molar-refractivity contribution in [1.29, 1.82) is 0 Å². The summed E-state index contributed by atoms with van der Waals surface area (Å²) in [4.78, 5) is 14.9. The van der Waals surface area contributed by atoms with E-state index in [1.54, 1.807) is 0 Å². The molecule has 3 fully saturated rings. The van der Waals surface area contributed by atoms with Crippen LogP contribution in [0.5, 0.6) is 0 Å². The molecule has 1 aromatic carbocycles. The number of benzene rings is 1. The first-order valence-corrected chi connectivity index (χ1v) is 9.44. The van der Waals surface area contributed by atoms with Gasteiger partial charge in [-0.25, -0.2) is 0 Å². The molecule has 2 saturated heterocycles. The number of nitrogens with one attached hydrogen (secondary N) is 1. The highest BCUT2D eigenvalue weighted by Gasteiger charge is 2.56. The second-order valence-electron chi connectivity index (χ2n) is 7.84. The van der Waals surface area contributed by atoms with Crippen molar-refractivity contribution in [3.63, 3.8) is 0 Å². The third kappa shape index (κ3) is 3.50. The topological polar surface area (TPSA) is 41.6 Å². The molecule has 2 aliphatic heterocycles. The van der Waals surface area contributed by atoms with E-state index in [0.717, 1.165) is 37.6 Å². The van der Waals surface area contributed by atoms with Crippen molar-refractivity contribution >= 4 is 11.6 Å². The zero-order valence-corrected chi connectivity index (χ0v) is 14.5. The molecule has 130 valence electrons. The quantitative estimate of drug-likeness (QED) is 0.922. The molecule has 1 aromatic rings. The van der Waals surface area contributed by atoms with Crippen molar-refractivity contribution in [2.75, 3.05) is 25.0 Å². The number of piperidine rings is 1. The van der Waals surface area contributed by atoms with Gasteiger partial charge >= 0.3 is 0 Å². The summed E-state index contributed by atoms with van der Waals surface area (Å²) in [6.07, 6.45) is 5.07. The van der Waals surface area contributed by atoms with E-state index < -0.39 is 0 Å². The van der Waals surface area contributed by atoms with E-state index >= 15 is 0 Å². The monoisotopic (exact) mass is 328 g/mol. The Morgan fingerprint density at radius 3 is 2.79 bits per heavy atom. The molecule has 1 N–H and O–H groups in total. The fourth-order valence-corrected chi connectivity index (χ4v) is 4.40. The number of carbonyl (C=O) groups is 1. The van der Waals surface area contributed by atoms with Gasteiger partial charge in [0, 0.05) is 31.3 Å². The fraction of sp³-hybridized carbons (Fsp3) is 0.650. The molecule has 3 aliphatic rings. The van der Waals surface area contributed by atoms with Crippen molar-refractivity contribution in [1.82, 2.24) is 4.90 Å². The Hall–Kier alpha value is -1.39. The minimum atomic E-state index is 0.0713. The number of likely N-dealkylation sites (tertiary alicyclic amines) is 1. The zero-order chi connectivity index (χ0) is 16.5. The maximum absolute atomic E-state index is 12.4. The molecule has 2 heterocycles. The van der Waals surface area contributed by atoms with Crippen LogP contribution in [0.2, 0.25) is 0 Å². The lowest BCUT2D eigenvalue weighted by molar-refractivity contribution is -0.118. The summed E-state index contributed by atoms with van der Waals surface area (Å²) < 4.78 is 5.67. The van der Waals surface area contributed by atoms with Crippen LogP contribution in [0.3, 0.4) is 0 Å². The van der Waals surface area contributed by atoms with Crippen LogP contribution in [0.25, 0.3) is 0 Å². The van der Waals surface area contributed by atoms with Crippen LogP contribution in [0, 0.1) is 17.8 Å². The third-order valence-corrected chi connectivity index (χ3v) is 5.76. The molecular formula is C20H28N2O2. The Morgan fingerprint density at radius 1 is 1.25 bits per heavy atom. The summed E-state index contributed by atoms with van der Waals surface area (Å²) in [5.74, 6) is 1.47. The lowest BCUT2D eigenvalue weighted by Crippen LogP contribution is -2.33. The minimum absolute atomic E-state index is 0.0713. The summed E-state index contributed by atoms with van der Waals surface area (Å²) >= 11 is 0. The Kier molecular flexibility index (Phi) is 4.59. The molecular weight excluding hydrogens is 300 g/mol. The molecule has 0 aromatic heterocycles. The van der Waals surface area contributed by atoms with E-state index in [1.807, 2.05) is 12.1 Å². The Morgan fingerprint density at radius 2 is 2.08 bits per heavy atom. The molecule has 24 heavy (non-hydrogen) atoms. The Labute approximate surface area is 144 Å². The van der Waals surface area contributed by atoms with Crippen molar-refractivity contribution in [2.24, 2.45) is 17.8 Å². The van der Waals surface area contributed by atoms with Gasteiger partial charge in [0.1, 0.15) is 0 Å². The standard InChI is InChI=1S/C20H28N2O2/c1-14-4-2-10-22(12-14)13-15-6-8-16(9-7-15)21-20(23)18-17-5-3-11-24-19(17)18/h6-9,14,17-19H,2-5,10-13H2,1H3,(H,21,23)/t14?,17-,18-,19-/m1/s1. The largest absolute Gasteiger partial charge is 0.377 e. The SMILES string of the molecule is CC1CCCN(Cc2ccc(NC(=O)[C@@H]3[C@H]4CCCO[C@H]43)cc2)C1. The van der Waals surface area contributed by atoms with Gasteiger partial charge in [0.25, 0.3) is 0 Å². The van der Waals surface area contributed by atoms with Crippen molar-refractivity contribution in [3.05, 3.63) is 29.8 Å². The van der Waals surface area contributed by atoms with Crippen LogP contribution in [-0.2, 0) is 16.1 Å². The van der Waals surface area contributed by atoms with Gasteiger partial charge in [0.2, 0.25) is 5.91 Å². The molecule has 1 unspecified atom stereocenters. The summed E-state index contributed by atoms with van der Waals surface area (Å²) in [6, 6.07) is 8.36. The second kappa shape index (κ2) is 6.85. The number of fused-ring (bicyclic) bond motifs is 1. The molecule has 0 radical (unpaired) electrons. The third-order valence-electron chi connectivity index (χ3n) is 5.76. The van der Waals surface area contributed by atoms with Crippen LogP contribution in [0.4, 0.5) is 5.69 Å². The molecule has 0 spiro atoms. The molecule has 4 nitrogen and oxygen atoms in total. The highest BCUT2D eigenvalue weighted by Crippen LogP contribution is 2.48. The summed E-state index contributed by atoms with van der Waals surface area (Å²) in [5.41, 5.74) is 2.23. The van der Waals surface area contributed by atoms with E-state index in [9.17, 15) is 4.79 Å². The van der Waals surface area contributed by atoms with Gasteiger partial charge in [-0.1, -0.05) is 19.1 Å². The Bertz CT molecular complexity index is 574. The van der Waals surface area contributed by atoms with E-state index in [4.69, 9.17) is 4.74 Å². The molecule has 4 rings (SSSR count).